The molecular weight excluding hydrogens is 759 g/mol. The maximum absolute atomic E-state index is 12.7. The van der Waals surface area contributed by atoms with Crippen LogP contribution in [0.3, 0.4) is 0 Å². The Morgan fingerprint density at radius 3 is 1.51 bits per heavy atom. The molecule has 0 bridgehead atoms. The third-order valence-corrected chi connectivity index (χ3v) is 8.84. The summed E-state index contributed by atoms with van der Waals surface area (Å²) < 4.78 is 20.5. The Morgan fingerprint density at radius 1 is 0.655 bits per heavy atom. The number of nitrogens with one attached hydrogen (secondary N) is 1. The summed E-state index contributed by atoms with van der Waals surface area (Å²) in [6.07, 6.45) is 9.73. The van der Waals surface area contributed by atoms with Crippen molar-refractivity contribution in [3.8, 4) is 34.5 Å². The molecule has 4 aromatic heterocycles. The van der Waals surface area contributed by atoms with Gasteiger partial charge < -0.3 is 56.0 Å². The van der Waals surface area contributed by atoms with Crippen molar-refractivity contribution in [2.45, 2.75) is 37.5 Å². The van der Waals surface area contributed by atoms with Gasteiger partial charge in [-0.15, -0.1) is 24.8 Å². The van der Waals surface area contributed by atoms with Crippen LogP contribution in [0.4, 0.5) is 11.6 Å². The zero-order chi connectivity index (χ0) is 38.5. The van der Waals surface area contributed by atoms with E-state index in [9.17, 15) is 14.7 Å². The van der Waals surface area contributed by atoms with E-state index < -0.39 is 5.97 Å². The number of carbonyl (C=O) groups is 2. The topological polar surface area (TPSA) is 251 Å². The second-order valence-electron chi connectivity index (χ2n) is 12.1. The number of nitrogens with two attached hydrogens (primary N) is 2. The minimum atomic E-state index is -1.16. The van der Waals surface area contributed by atoms with Crippen LogP contribution >= 0.6 is 24.8 Å². The van der Waals surface area contributed by atoms with Crippen molar-refractivity contribution in [3.05, 3.63) is 71.6 Å². The number of ether oxygens (including phenoxy) is 4. The lowest BCUT2D eigenvalue weighted by Gasteiger charge is -2.32. The standard InChI is InChI=1S/C18H22N4O4.C11H17N3O.C7H7NO4.2ClH/c1-25-15-8-17(19)21-9-12(15)11-3-5-22(6-4-11)18(24)13-7-16(26-2)14(23)10-20-13;1-15-10-6-11(12)14-7-9(10)8-2-4-13-5-3-8;1-12-6-2-4(7(10)11)8-3-5(6)9;;/h7-11,23H,3-6H2,1-2H3,(H2,19,21);6-8,13H,2-5H2,1H3,(H2,12,14);2-3,9H,1H3,(H,10,11);2*1H. The number of carboxylic acid groups (broad SMARTS) is 1. The number of aromatic hydroxyl groups is 2. The number of carboxylic acids is 1. The minimum absolute atomic E-state index is 0. The van der Waals surface area contributed by atoms with E-state index in [-0.39, 0.29) is 71.0 Å². The SMILES string of the molecule is COc1cc(C(=O)N2CCC(c3cnc(N)cc3OC)CC2)ncc1O.COc1cc(C(=O)O)ncc1O.COc1cc(N)ncc1C1CCNCC1.Cl.Cl. The number of amides is 1. The Labute approximate surface area is 331 Å². The summed E-state index contributed by atoms with van der Waals surface area (Å²) in [5.74, 6) is 2.07. The fourth-order valence-electron chi connectivity index (χ4n) is 6.00. The van der Waals surface area contributed by atoms with Crippen molar-refractivity contribution in [1.29, 1.82) is 0 Å². The molecule has 0 saturated carbocycles. The van der Waals surface area contributed by atoms with Crippen LogP contribution in [-0.4, -0.2) is 107 Å². The quantitative estimate of drug-likeness (QED) is 0.145. The highest BCUT2D eigenvalue weighted by molar-refractivity contribution is 5.93. The number of aromatic nitrogens is 4. The predicted molar refractivity (Wildman–Crippen MR) is 209 cm³/mol. The van der Waals surface area contributed by atoms with Gasteiger partial charge in [-0.1, -0.05) is 0 Å². The number of carbonyl (C=O) groups excluding carboxylic acids is 1. The van der Waals surface area contributed by atoms with Gasteiger partial charge >= 0.3 is 5.97 Å². The molecule has 2 fully saturated rings. The van der Waals surface area contributed by atoms with Gasteiger partial charge in [-0.05, 0) is 50.6 Å². The predicted octanol–water partition coefficient (Wildman–Crippen LogP) is 4.28. The summed E-state index contributed by atoms with van der Waals surface area (Å²) in [6.45, 7) is 3.33. The van der Waals surface area contributed by atoms with E-state index in [0.29, 0.717) is 30.6 Å². The molecule has 8 N–H and O–H groups in total. The van der Waals surface area contributed by atoms with E-state index in [1.54, 1.807) is 37.4 Å². The van der Waals surface area contributed by atoms with E-state index in [2.05, 4.69) is 30.0 Å². The first-order valence-electron chi connectivity index (χ1n) is 16.8. The summed E-state index contributed by atoms with van der Waals surface area (Å²) in [5, 5.41) is 30.5. The third kappa shape index (κ3) is 12.2. The molecule has 2 saturated heterocycles. The van der Waals surface area contributed by atoms with Gasteiger partial charge in [-0.2, -0.15) is 0 Å². The number of aromatic carboxylic acids is 1. The molecule has 0 atom stereocenters. The second-order valence-corrected chi connectivity index (χ2v) is 12.1. The molecule has 6 rings (SSSR count). The number of hydrogen-bond acceptors (Lipinski definition) is 15. The first-order valence-corrected chi connectivity index (χ1v) is 16.8. The average Bonchev–Trinajstić information content (AvgIpc) is 3.18. The summed E-state index contributed by atoms with van der Waals surface area (Å²) in [4.78, 5) is 40.6. The molecule has 17 nitrogen and oxygen atoms in total. The maximum atomic E-state index is 12.7. The first-order chi connectivity index (χ1) is 25.5. The number of methoxy groups -OCH3 is 4. The largest absolute Gasteiger partial charge is 0.503 e. The molecule has 0 aliphatic carbocycles. The molecule has 2 aliphatic rings. The molecule has 0 unspecified atom stereocenters. The van der Waals surface area contributed by atoms with Gasteiger partial charge in [-0.3, -0.25) is 4.79 Å². The smallest absolute Gasteiger partial charge is 0.354 e. The van der Waals surface area contributed by atoms with Crippen LogP contribution in [0.25, 0.3) is 0 Å². The Hall–Kier alpha value is -5.52. The number of likely N-dealkylation sites (tertiary alicyclic amines) is 1. The number of anilines is 2. The fourth-order valence-corrected chi connectivity index (χ4v) is 6.00. The van der Waals surface area contributed by atoms with Crippen molar-refractivity contribution >= 4 is 48.3 Å². The summed E-state index contributed by atoms with van der Waals surface area (Å²) in [6, 6.07) is 6.13. The lowest BCUT2D eigenvalue weighted by atomic mass is 9.89. The van der Waals surface area contributed by atoms with Crippen molar-refractivity contribution in [2.75, 3.05) is 66.1 Å². The van der Waals surface area contributed by atoms with Crippen LogP contribution in [0, 0.1) is 0 Å². The number of rotatable bonds is 8. The summed E-state index contributed by atoms with van der Waals surface area (Å²) in [5.41, 5.74) is 13.6. The second kappa shape index (κ2) is 22.0. The zero-order valence-electron chi connectivity index (χ0n) is 30.9. The Kier molecular flexibility index (Phi) is 18.3. The number of nitrogen functional groups attached to an aromatic ring is 2. The number of piperidine rings is 2. The molecule has 0 aromatic carbocycles. The Balaban J connectivity index is 0.000000307. The van der Waals surface area contributed by atoms with Gasteiger partial charge in [0, 0.05) is 60.9 Å². The average molecular weight is 808 g/mol. The van der Waals surface area contributed by atoms with Crippen LogP contribution < -0.4 is 35.7 Å². The highest BCUT2D eigenvalue weighted by Gasteiger charge is 2.28. The summed E-state index contributed by atoms with van der Waals surface area (Å²) in [7, 11) is 6.06. The van der Waals surface area contributed by atoms with Crippen LogP contribution in [-0.2, 0) is 0 Å². The molecule has 0 spiro atoms. The number of hydrogen-bond donors (Lipinski definition) is 6. The minimum Gasteiger partial charge on any atom is -0.503 e. The third-order valence-electron chi connectivity index (χ3n) is 8.84. The molecular formula is C36H48Cl2N8O9. The van der Waals surface area contributed by atoms with Crippen LogP contribution in [0.2, 0.25) is 0 Å². The monoisotopic (exact) mass is 806 g/mol. The fraction of sp³-hybridized carbons (Fsp3) is 0.389. The van der Waals surface area contributed by atoms with E-state index in [0.717, 1.165) is 68.1 Å². The van der Waals surface area contributed by atoms with Crippen LogP contribution in [0.1, 0.15) is 69.6 Å². The molecule has 300 valence electrons. The van der Waals surface area contributed by atoms with E-state index >= 15 is 0 Å². The molecule has 0 radical (unpaired) electrons. The Morgan fingerprint density at radius 2 is 1.07 bits per heavy atom. The van der Waals surface area contributed by atoms with Crippen molar-refractivity contribution in [1.82, 2.24) is 30.2 Å². The lowest BCUT2D eigenvalue weighted by molar-refractivity contribution is 0.0686. The van der Waals surface area contributed by atoms with E-state index in [1.807, 2.05) is 6.20 Å². The number of nitrogens with zero attached hydrogens (tertiary/aromatic N) is 5. The highest BCUT2D eigenvalue weighted by Crippen LogP contribution is 2.35. The number of pyridine rings is 4. The number of halogens is 2. The van der Waals surface area contributed by atoms with Crippen LogP contribution in [0.15, 0.2) is 49.1 Å². The van der Waals surface area contributed by atoms with Crippen molar-refractivity contribution < 1.29 is 43.9 Å². The van der Waals surface area contributed by atoms with Gasteiger partial charge in [0.2, 0.25) is 0 Å². The first kappa shape index (κ1) is 45.6. The molecule has 19 heteroatoms. The summed E-state index contributed by atoms with van der Waals surface area (Å²) >= 11 is 0. The molecule has 6 heterocycles. The van der Waals surface area contributed by atoms with Gasteiger partial charge in [0.15, 0.2) is 28.7 Å². The molecule has 1 amide bonds. The van der Waals surface area contributed by atoms with E-state index in [4.69, 9.17) is 35.9 Å². The molecule has 4 aromatic rings. The van der Waals surface area contributed by atoms with Crippen LogP contribution in [0.5, 0.6) is 34.5 Å². The molecule has 55 heavy (non-hydrogen) atoms. The van der Waals surface area contributed by atoms with Crippen molar-refractivity contribution in [2.24, 2.45) is 0 Å². The van der Waals surface area contributed by atoms with E-state index in [1.165, 1.54) is 32.0 Å². The van der Waals surface area contributed by atoms with Gasteiger partial charge in [0.1, 0.15) is 28.8 Å². The van der Waals surface area contributed by atoms with Crippen molar-refractivity contribution in [3.63, 3.8) is 0 Å². The maximum Gasteiger partial charge on any atom is 0.354 e. The normalized spacial score (nSPS) is 13.9. The van der Waals surface area contributed by atoms with Gasteiger partial charge in [-0.25, -0.2) is 24.7 Å². The zero-order valence-corrected chi connectivity index (χ0v) is 32.6. The Bertz CT molecular complexity index is 1860. The molecule has 2 aliphatic heterocycles. The van der Waals surface area contributed by atoms with Gasteiger partial charge in [0.25, 0.3) is 5.91 Å². The highest BCUT2D eigenvalue weighted by atomic mass is 35.5. The van der Waals surface area contributed by atoms with Gasteiger partial charge in [0.05, 0.1) is 40.8 Å². The lowest BCUT2D eigenvalue weighted by Crippen LogP contribution is -2.38.